The van der Waals surface area contributed by atoms with E-state index in [0.717, 1.165) is 54.2 Å². The van der Waals surface area contributed by atoms with Crippen molar-refractivity contribution < 1.29 is 14.3 Å². The highest BCUT2D eigenvalue weighted by molar-refractivity contribution is 5.79. The van der Waals surface area contributed by atoms with Gasteiger partial charge in [-0.05, 0) is 42.7 Å². The molecule has 0 aliphatic carbocycles. The summed E-state index contributed by atoms with van der Waals surface area (Å²) < 4.78 is 11.6. The van der Waals surface area contributed by atoms with Gasteiger partial charge in [-0.25, -0.2) is 9.97 Å². The minimum atomic E-state index is 0.115. The Kier molecular flexibility index (Phi) is 7.11. The third-order valence-corrected chi connectivity index (χ3v) is 5.13. The Morgan fingerprint density at radius 2 is 1.68 bits per heavy atom. The van der Waals surface area contributed by atoms with Gasteiger partial charge in [0.25, 0.3) is 0 Å². The molecule has 3 aromatic rings. The number of carbonyl (C=O) groups is 1. The number of anilines is 2. The van der Waals surface area contributed by atoms with Crippen LogP contribution in [0.3, 0.4) is 0 Å². The lowest BCUT2D eigenvalue weighted by atomic mass is 10.1. The van der Waals surface area contributed by atoms with Gasteiger partial charge >= 0.3 is 0 Å². The molecule has 0 saturated heterocycles. The molecule has 6 bridgehead atoms. The summed E-state index contributed by atoms with van der Waals surface area (Å²) in [6, 6.07) is 17.6. The second-order valence-electron chi connectivity index (χ2n) is 7.71. The number of hydrogen-bond donors (Lipinski definition) is 1. The van der Waals surface area contributed by atoms with Crippen LogP contribution in [0, 0.1) is 0 Å². The summed E-state index contributed by atoms with van der Waals surface area (Å²) in [5.74, 6) is 2.40. The molecule has 6 nitrogen and oxygen atoms in total. The van der Waals surface area contributed by atoms with Crippen LogP contribution >= 0.6 is 0 Å². The van der Waals surface area contributed by atoms with E-state index >= 15 is 0 Å². The zero-order valence-electron chi connectivity index (χ0n) is 17.5. The maximum atomic E-state index is 12.1. The van der Waals surface area contributed by atoms with Gasteiger partial charge in [-0.3, -0.25) is 4.79 Å². The third-order valence-electron chi connectivity index (χ3n) is 5.13. The molecule has 31 heavy (non-hydrogen) atoms. The number of Topliss-reactive ketones (excluding diaryl/α,β-unsaturated/α-hetero) is 1. The highest BCUT2D eigenvalue weighted by atomic mass is 16.5. The smallest absolute Gasteiger partial charge is 0.170 e. The van der Waals surface area contributed by atoms with Crippen molar-refractivity contribution in [3.05, 3.63) is 72.2 Å². The third kappa shape index (κ3) is 6.54. The highest BCUT2D eigenvalue weighted by Gasteiger charge is 2.07. The molecule has 160 valence electrons. The number of hydrogen-bond acceptors (Lipinski definition) is 6. The van der Waals surface area contributed by atoms with Crippen molar-refractivity contribution in [2.75, 3.05) is 18.5 Å². The zero-order chi connectivity index (χ0) is 21.3. The van der Waals surface area contributed by atoms with E-state index in [1.165, 1.54) is 0 Å². The van der Waals surface area contributed by atoms with Crippen LogP contribution < -0.4 is 14.8 Å². The molecule has 0 unspecified atom stereocenters. The fourth-order valence-electron chi connectivity index (χ4n) is 3.53. The van der Waals surface area contributed by atoms with Gasteiger partial charge in [0, 0.05) is 30.7 Å². The Bertz CT molecular complexity index is 1020. The molecule has 1 N–H and O–H groups in total. The summed E-state index contributed by atoms with van der Waals surface area (Å²) in [7, 11) is 0. The number of aromatic nitrogens is 2. The largest absolute Gasteiger partial charge is 0.494 e. The van der Waals surface area contributed by atoms with Crippen molar-refractivity contribution >= 4 is 17.3 Å². The lowest BCUT2D eigenvalue weighted by molar-refractivity contribution is -0.121. The molecule has 1 aliphatic heterocycles. The van der Waals surface area contributed by atoms with Crippen molar-refractivity contribution in [3.63, 3.8) is 0 Å². The fraction of sp³-hybridized carbons (Fsp3) is 0.320. The van der Waals surface area contributed by atoms with Gasteiger partial charge < -0.3 is 14.8 Å². The summed E-state index contributed by atoms with van der Waals surface area (Å²) in [5.41, 5.74) is 2.88. The molecule has 6 heteroatoms. The predicted molar refractivity (Wildman–Crippen MR) is 120 cm³/mol. The summed E-state index contributed by atoms with van der Waals surface area (Å²) in [6.07, 6.45) is 6.66. The Morgan fingerprint density at radius 1 is 0.839 bits per heavy atom. The second-order valence-corrected chi connectivity index (χ2v) is 7.71. The molecule has 2 heterocycles. The summed E-state index contributed by atoms with van der Waals surface area (Å²) >= 11 is 0. The maximum Gasteiger partial charge on any atom is 0.170 e. The van der Waals surface area contributed by atoms with E-state index in [2.05, 4.69) is 15.3 Å². The van der Waals surface area contributed by atoms with Crippen LogP contribution in [0.25, 0.3) is 0 Å². The Morgan fingerprint density at radius 3 is 2.61 bits per heavy atom. The molecule has 1 aromatic heterocycles. The first-order valence-corrected chi connectivity index (χ1v) is 10.8. The van der Waals surface area contributed by atoms with Gasteiger partial charge in [0.05, 0.1) is 12.3 Å². The van der Waals surface area contributed by atoms with Crippen molar-refractivity contribution in [1.82, 2.24) is 9.97 Å². The van der Waals surface area contributed by atoms with Crippen LogP contribution in [0.2, 0.25) is 0 Å². The number of nitrogens with zero attached hydrogens (tertiary/aromatic N) is 2. The van der Waals surface area contributed by atoms with Crippen LogP contribution in [0.4, 0.5) is 11.5 Å². The van der Waals surface area contributed by atoms with Crippen molar-refractivity contribution in [2.24, 2.45) is 0 Å². The molecule has 0 radical (unpaired) electrons. The second kappa shape index (κ2) is 10.6. The summed E-state index contributed by atoms with van der Waals surface area (Å²) in [6.45, 7) is 0.775. The zero-order valence-corrected chi connectivity index (χ0v) is 17.5. The molecule has 0 fully saturated rings. The van der Waals surface area contributed by atoms with Gasteiger partial charge in [-0.1, -0.05) is 31.0 Å². The fourth-order valence-corrected chi connectivity index (χ4v) is 3.53. The first-order chi connectivity index (χ1) is 15.2. The lowest BCUT2D eigenvalue weighted by Gasteiger charge is -2.10. The summed E-state index contributed by atoms with van der Waals surface area (Å²) in [5, 5.41) is 3.33. The Hall–Kier alpha value is -3.41. The quantitative estimate of drug-likeness (QED) is 0.548. The number of benzene rings is 2. The summed E-state index contributed by atoms with van der Waals surface area (Å²) in [4.78, 5) is 20.9. The molecule has 0 spiro atoms. The SMILES string of the molecule is O=C1CCCCCCOc2cccc(c2)Nc2cc(ncn2)Cc2cccc(c2)OC1. The van der Waals surface area contributed by atoms with E-state index in [9.17, 15) is 4.79 Å². The van der Waals surface area contributed by atoms with Gasteiger partial charge in [-0.2, -0.15) is 0 Å². The number of fused-ring (bicyclic) bond motifs is 6. The van der Waals surface area contributed by atoms with Crippen molar-refractivity contribution in [2.45, 2.75) is 38.5 Å². The Balaban J connectivity index is 1.53. The van der Waals surface area contributed by atoms with Crippen LogP contribution in [-0.4, -0.2) is 29.0 Å². The molecule has 0 atom stereocenters. The number of nitrogens with one attached hydrogen (secondary N) is 1. The lowest BCUT2D eigenvalue weighted by Crippen LogP contribution is -2.11. The standard InChI is InChI=1S/C25H27N3O3/c29-22-9-3-1-2-4-12-30-24-11-6-8-20(15-24)28-25-16-21(26-18-27-25)13-19-7-5-10-23(14-19)31-17-22/h5-8,10-11,14-16,18H,1-4,9,12-13,17H2,(H,26,27,28). The van der Waals surface area contributed by atoms with Crippen LogP contribution in [0.5, 0.6) is 11.5 Å². The molecule has 1 aliphatic rings. The van der Waals surface area contributed by atoms with Crippen LogP contribution in [0.15, 0.2) is 60.9 Å². The van der Waals surface area contributed by atoms with E-state index in [0.29, 0.717) is 25.2 Å². The van der Waals surface area contributed by atoms with E-state index in [1.54, 1.807) is 6.33 Å². The van der Waals surface area contributed by atoms with Crippen LogP contribution in [0.1, 0.15) is 43.4 Å². The average Bonchev–Trinajstić information content (AvgIpc) is 2.77. The predicted octanol–water partition coefficient (Wildman–Crippen LogP) is 5.10. The molecule has 2 aromatic carbocycles. The van der Waals surface area contributed by atoms with E-state index < -0.39 is 0 Å². The normalized spacial score (nSPS) is 15.5. The number of ether oxygens (including phenoxy) is 2. The molecule has 0 saturated carbocycles. The first kappa shape index (κ1) is 20.8. The van der Waals surface area contributed by atoms with E-state index in [4.69, 9.17) is 9.47 Å². The topological polar surface area (TPSA) is 73.3 Å². The highest BCUT2D eigenvalue weighted by Crippen LogP contribution is 2.22. The van der Waals surface area contributed by atoms with Crippen molar-refractivity contribution in [1.29, 1.82) is 0 Å². The van der Waals surface area contributed by atoms with Gasteiger partial charge in [0.2, 0.25) is 0 Å². The molecular formula is C25H27N3O3. The Labute approximate surface area is 182 Å². The van der Waals surface area contributed by atoms with Gasteiger partial charge in [0.1, 0.15) is 30.3 Å². The number of ketones is 1. The van der Waals surface area contributed by atoms with Gasteiger partial charge in [-0.15, -0.1) is 0 Å². The van der Waals surface area contributed by atoms with Gasteiger partial charge in [0.15, 0.2) is 5.78 Å². The first-order valence-electron chi connectivity index (χ1n) is 10.8. The minimum Gasteiger partial charge on any atom is -0.494 e. The molecular weight excluding hydrogens is 390 g/mol. The van der Waals surface area contributed by atoms with E-state index in [1.807, 2.05) is 54.6 Å². The van der Waals surface area contributed by atoms with Crippen LogP contribution in [-0.2, 0) is 11.2 Å². The maximum absolute atomic E-state index is 12.1. The number of rotatable bonds is 0. The monoisotopic (exact) mass is 417 g/mol. The minimum absolute atomic E-state index is 0.115. The average molecular weight is 418 g/mol. The van der Waals surface area contributed by atoms with E-state index in [-0.39, 0.29) is 12.4 Å². The number of carbonyl (C=O) groups excluding carboxylic acids is 1. The molecule has 4 rings (SSSR count). The molecule has 0 amide bonds. The van der Waals surface area contributed by atoms with Crippen molar-refractivity contribution in [3.8, 4) is 11.5 Å².